The van der Waals surface area contributed by atoms with E-state index in [1.165, 1.54) is 0 Å². The molecule has 1 amide bonds. The Morgan fingerprint density at radius 1 is 1.19 bits per heavy atom. The highest BCUT2D eigenvalue weighted by Gasteiger charge is 2.14. The number of hydrogen-bond donors (Lipinski definition) is 2. The molecule has 1 aromatic carbocycles. The monoisotopic (exact) mass is 299 g/mol. The van der Waals surface area contributed by atoms with Crippen LogP contribution in [-0.4, -0.2) is 44.0 Å². The third kappa shape index (κ3) is 5.30. The molecular formula is C15H23F2N3O. The van der Waals surface area contributed by atoms with E-state index >= 15 is 0 Å². The second kappa shape index (κ2) is 8.56. The third-order valence-electron chi connectivity index (χ3n) is 3.17. The van der Waals surface area contributed by atoms with Gasteiger partial charge in [-0.1, -0.05) is 13.8 Å². The normalized spacial score (nSPS) is 10.8. The van der Waals surface area contributed by atoms with Crippen LogP contribution in [0.3, 0.4) is 0 Å². The van der Waals surface area contributed by atoms with Gasteiger partial charge >= 0.3 is 0 Å². The minimum atomic E-state index is -0.751. The van der Waals surface area contributed by atoms with Crippen LogP contribution in [-0.2, 0) is 0 Å². The fourth-order valence-corrected chi connectivity index (χ4v) is 1.74. The van der Waals surface area contributed by atoms with Gasteiger partial charge in [-0.3, -0.25) is 4.79 Å². The number of amides is 1. The zero-order chi connectivity index (χ0) is 15.8. The summed E-state index contributed by atoms with van der Waals surface area (Å²) in [5.41, 5.74) is -0.190. The molecule has 6 heteroatoms. The van der Waals surface area contributed by atoms with Crippen molar-refractivity contribution in [2.24, 2.45) is 0 Å². The summed E-state index contributed by atoms with van der Waals surface area (Å²) < 4.78 is 27.6. The van der Waals surface area contributed by atoms with Gasteiger partial charge in [0.15, 0.2) is 0 Å². The average molecular weight is 299 g/mol. The van der Waals surface area contributed by atoms with Gasteiger partial charge in [-0.2, -0.15) is 0 Å². The molecule has 118 valence electrons. The highest BCUT2D eigenvalue weighted by Crippen LogP contribution is 2.20. The lowest BCUT2D eigenvalue weighted by atomic mass is 10.1. The van der Waals surface area contributed by atoms with Crippen LogP contribution in [0, 0.1) is 11.6 Å². The van der Waals surface area contributed by atoms with Crippen LogP contribution >= 0.6 is 0 Å². The molecule has 0 fully saturated rings. The van der Waals surface area contributed by atoms with E-state index in [-0.39, 0.29) is 11.3 Å². The average Bonchev–Trinajstić information content (AvgIpc) is 2.45. The summed E-state index contributed by atoms with van der Waals surface area (Å²) in [7, 11) is 1.93. The van der Waals surface area contributed by atoms with E-state index in [9.17, 15) is 13.6 Å². The predicted octanol–water partition coefficient (Wildman–Crippen LogP) is 2.47. The lowest BCUT2D eigenvalue weighted by Crippen LogP contribution is -2.33. The molecule has 0 saturated carbocycles. The number of halogens is 2. The number of nitrogens with zero attached hydrogens (tertiary/aromatic N) is 1. The molecule has 0 aliphatic rings. The molecule has 0 aliphatic carbocycles. The van der Waals surface area contributed by atoms with Crippen LogP contribution in [0.15, 0.2) is 12.1 Å². The van der Waals surface area contributed by atoms with Gasteiger partial charge in [-0.15, -0.1) is 0 Å². The molecule has 0 unspecified atom stereocenters. The first kappa shape index (κ1) is 17.4. The van der Waals surface area contributed by atoms with E-state index in [1.807, 2.05) is 25.8 Å². The quantitative estimate of drug-likeness (QED) is 0.775. The molecule has 0 bridgehead atoms. The number of likely N-dealkylation sites (N-methyl/N-ethyl adjacent to an activating group) is 1. The number of anilines is 1. The number of carbonyl (C=O) groups excluding carboxylic acids is 1. The Hall–Kier alpha value is -1.69. The maximum atomic E-state index is 13.8. The summed E-state index contributed by atoms with van der Waals surface area (Å²) in [5.74, 6) is -1.97. The molecular weight excluding hydrogens is 276 g/mol. The van der Waals surface area contributed by atoms with Crippen molar-refractivity contribution in [1.29, 1.82) is 0 Å². The SMILES string of the molecule is CCCNc1c(F)cc(C(=O)NCCN(C)CC)cc1F. The first-order chi connectivity index (χ1) is 9.99. The van der Waals surface area contributed by atoms with Crippen LogP contribution in [0.5, 0.6) is 0 Å². The molecule has 0 radical (unpaired) electrons. The van der Waals surface area contributed by atoms with Crippen molar-refractivity contribution in [3.05, 3.63) is 29.3 Å². The molecule has 2 N–H and O–H groups in total. The summed E-state index contributed by atoms with van der Waals surface area (Å²) in [5, 5.41) is 5.32. The summed E-state index contributed by atoms with van der Waals surface area (Å²) in [6.45, 7) is 6.37. The van der Waals surface area contributed by atoms with E-state index in [2.05, 4.69) is 10.6 Å². The highest BCUT2D eigenvalue weighted by atomic mass is 19.1. The Bertz CT molecular complexity index is 457. The molecule has 0 heterocycles. The van der Waals surface area contributed by atoms with Gasteiger partial charge in [0.25, 0.3) is 5.91 Å². The van der Waals surface area contributed by atoms with Crippen molar-refractivity contribution in [3.63, 3.8) is 0 Å². The maximum Gasteiger partial charge on any atom is 0.251 e. The lowest BCUT2D eigenvalue weighted by Gasteiger charge is -2.14. The zero-order valence-corrected chi connectivity index (χ0v) is 12.8. The smallest absolute Gasteiger partial charge is 0.251 e. The minimum Gasteiger partial charge on any atom is -0.380 e. The van der Waals surface area contributed by atoms with Crippen LogP contribution in [0.2, 0.25) is 0 Å². The summed E-state index contributed by atoms with van der Waals surface area (Å²) >= 11 is 0. The van der Waals surface area contributed by atoms with Crippen LogP contribution in [0.4, 0.5) is 14.5 Å². The number of hydrogen-bond acceptors (Lipinski definition) is 3. The first-order valence-corrected chi connectivity index (χ1v) is 7.19. The zero-order valence-electron chi connectivity index (χ0n) is 12.8. The molecule has 1 aromatic rings. The lowest BCUT2D eigenvalue weighted by molar-refractivity contribution is 0.0949. The molecule has 0 saturated heterocycles. The number of carbonyl (C=O) groups is 1. The molecule has 0 aliphatic heterocycles. The summed E-state index contributed by atoms with van der Waals surface area (Å²) in [4.78, 5) is 13.9. The summed E-state index contributed by atoms with van der Waals surface area (Å²) in [6, 6.07) is 2.11. The Labute approximate surface area is 124 Å². The third-order valence-corrected chi connectivity index (χ3v) is 3.17. The molecule has 21 heavy (non-hydrogen) atoms. The van der Waals surface area contributed by atoms with Crippen molar-refractivity contribution >= 4 is 11.6 Å². The number of benzene rings is 1. The van der Waals surface area contributed by atoms with E-state index in [1.54, 1.807) is 0 Å². The van der Waals surface area contributed by atoms with E-state index < -0.39 is 17.5 Å². The fraction of sp³-hybridized carbons (Fsp3) is 0.533. The van der Waals surface area contributed by atoms with E-state index in [0.29, 0.717) is 19.6 Å². The predicted molar refractivity (Wildman–Crippen MR) is 80.6 cm³/mol. The van der Waals surface area contributed by atoms with Gasteiger partial charge in [-0.25, -0.2) is 8.78 Å². The Balaban J connectivity index is 2.69. The standard InChI is InChI=1S/C15H23F2N3O/c1-4-6-18-14-12(16)9-11(10-13(14)17)15(21)19-7-8-20(3)5-2/h9-10,18H,4-8H2,1-3H3,(H,19,21). The van der Waals surface area contributed by atoms with Crippen LogP contribution in [0.1, 0.15) is 30.6 Å². The molecule has 1 rings (SSSR count). The molecule has 0 atom stereocenters. The van der Waals surface area contributed by atoms with Gasteiger partial charge in [0, 0.05) is 25.2 Å². The maximum absolute atomic E-state index is 13.8. The number of rotatable bonds is 8. The topological polar surface area (TPSA) is 44.4 Å². The van der Waals surface area contributed by atoms with Crippen molar-refractivity contribution in [1.82, 2.24) is 10.2 Å². The largest absolute Gasteiger partial charge is 0.380 e. The van der Waals surface area contributed by atoms with E-state index in [0.717, 1.165) is 25.1 Å². The van der Waals surface area contributed by atoms with Crippen LogP contribution < -0.4 is 10.6 Å². The van der Waals surface area contributed by atoms with Gasteiger partial charge in [0.1, 0.15) is 17.3 Å². The number of nitrogens with one attached hydrogen (secondary N) is 2. The fourth-order valence-electron chi connectivity index (χ4n) is 1.74. The molecule has 0 spiro atoms. The van der Waals surface area contributed by atoms with Crippen molar-refractivity contribution < 1.29 is 13.6 Å². The van der Waals surface area contributed by atoms with Crippen molar-refractivity contribution in [2.45, 2.75) is 20.3 Å². The van der Waals surface area contributed by atoms with Crippen molar-refractivity contribution in [3.8, 4) is 0 Å². The van der Waals surface area contributed by atoms with E-state index in [4.69, 9.17) is 0 Å². The second-order valence-corrected chi connectivity index (χ2v) is 4.89. The van der Waals surface area contributed by atoms with Gasteiger partial charge in [0.05, 0.1) is 0 Å². The second-order valence-electron chi connectivity index (χ2n) is 4.89. The van der Waals surface area contributed by atoms with Gasteiger partial charge in [0.2, 0.25) is 0 Å². The Morgan fingerprint density at radius 3 is 2.33 bits per heavy atom. The highest BCUT2D eigenvalue weighted by molar-refractivity contribution is 5.94. The minimum absolute atomic E-state index is 0.00815. The first-order valence-electron chi connectivity index (χ1n) is 7.19. The van der Waals surface area contributed by atoms with Gasteiger partial charge < -0.3 is 15.5 Å². The van der Waals surface area contributed by atoms with Crippen molar-refractivity contribution in [2.75, 3.05) is 38.5 Å². The Kier molecular flexibility index (Phi) is 7.08. The molecule has 0 aromatic heterocycles. The van der Waals surface area contributed by atoms with Crippen LogP contribution in [0.25, 0.3) is 0 Å². The van der Waals surface area contributed by atoms with Gasteiger partial charge in [-0.05, 0) is 32.1 Å². The molecule has 4 nitrogen and oxygen atoms in total. The summed E-state index contributed by atoms with van der Waals surface area (Å²) in [6.07, 6.45) is 0.756. The Morgan fingerprint density at radius 2 is 1.81 bits per heavy atom.